The molecule has 4 nitrogen and oxygen atoms in total. The van der Waals surface area contributed by atoms with Gasteiger partial charge in [-0.25, -0.2) is 5.01 Å². The molecule has 0 aromatic carbocycles. The van der Waals surface area contributed by atoms with Crippen molar-refractivity contribution < 1.29 is 4.74 Å². The van der Waals surface area contributed by atoms with E-state index in [2.05, 4.69) is 16.3 Å². The summed E-state index contributed by atoms with van der Waals surface area (Å²) in [5.74, 6) is 0. The number of rotatable bonds is 0. The van der Waals surface area contributed by atoms with E-state index in [1.807, 2.05) is 18.3 Å². The Morgan fingerprint density at radius 1 is 1.53 bits per heavy atom. The van der Waals surface area contributed by atoms with Crippen LogP contribution in [0.1, 0.15) is 12.8 Å². The van der Waals surface area contributed by atoms with Gasteiger partial charge in [0.05, 0.1) is 6.54 Å². The molecule has 0 atom stereocenters. The lowest BCUT2D eigenvalue weighted by molar-refractivity contribution is 0.0456. The van der Waals surface area contributed by atoms with Crippen molar-refractivity contribution in [1.29, 1.82) is 0 Å². The zero-order valence-corrected chi connectivity index (χ0v) is 10.1. The number of amidine groups is 1. The predicted octanol–water partition coefficient (Wildman–Crippen LogP) is 1.43. The van der Waals surface area contributed by atoms with Gasteiger partial charge in [-0.1, -0.05) is 11.8 Å². The molecule has 15 heavy (non-hydrogen) atoms. The fourth-order valence-corrected chi connectivity index (χ4v) is 2.57. The second-order valence-electron chi connectivity index (χ2n) is 3.99. The van der Waals surface area contributed by atoms with Crippen LogP contribution in [0.5, 0.6) is 0 Å². The van der Waals surface area contributed by atoms with E-state index in [1.165, 1.54) is 0 Å². The van der Waals surface area contributed by atoms with Gasteiger partial charge in [-0.05, 0) is 19.1 Å². The maximum absolute atomic E-state index is 5.39. The quantitative estimate of drug-likeness (QED) is 0.464. The Hall–Kier alpha value is -0.550. The van der Waals surface area contributed by atoms with Crippen LogP contribution in [0, 0.1) is 5.41 Å². The van der Waals surface area contributed by atoms with Crippen molar-refractivity contribution >= 4 is 23.1 Å². The molecule has 0 saturated carbocycles. The Morgan fingerprint density at radius 2 is 2.27 bits per heavy atom. The molecule has 5 heteroatoms. The molecule has 2 heterocycles. The molecule has 2 rings (SSSR count). The topological polar surface area (TPSA) is 37.2 Å². The minimum absolute atomic E-state index is 0.240. The summed E-state index contributed by atoms with van der Waals surface area (Å²) in [5.41, 5.74) is 0.240. The highest BCUT2D eigenvalue weighted by Crippen LogP contribution is 2.34. The third-order valence-corrected chi connectivity index (χ3v) is 3.78. The summed E-state index contributed by atoms with van der Waals surface area (Å²) in [6, 6.07) is 0. The fourth-order valence-electron chi connectivity index (χ4n) is 2.07. The monoisotopic (exact) mass is 227 g/mol. The molecular formula is C10H17N3OS. The SMILES string of the molecule is C/N=C(\SC)N1CC2(C=N1)CCOCC2. The van der Waals surface area contributed by atoms with Gasteiger partial charge in [0, 0.05) is 31.9 Å². The molecule has 1 fully saturated rings. The van der Waals surface area contributed by atoms with E-state index in [-0.39, 0.29) is 5.41 Å². The standard InChI is InChI=1S/C10H17N3OS/c1-11-9(15-2)13-8-10(7-12-13)3-5-14-6-4-10/h7H,3-6,8H2,1-2H3/b11-9-. The van der Waals surface area contributed by atoms with Crippen LogP contribution in [0.3, 0.4) is 0 Å². The van der Waals surface area contributed by atoms with Crippen LogP contribution >= 0.6 is 11.8 Å². The summed E-state index contributed by atoms with van der Waals surface area (Å²) < 4.78 is 5.39. The van der Waals surface area contributed by atoms with E-state index in [1.54, 1.807) is 11.8 Å². The van der Waals surface area contributed by atoms with Crippen molar-refractivity contribution in [1.82, 2.24) is 5.01 Å². The number of nitrogens with zero attached hydrogens (tertiary/aromatic N) is 3. The van der Waals surface area contributed by atoms with Crippen LogP contribution < -0.4 is 0 Å². The van der Waals surface area contributed by atoms with Crippen molar-refractivity contribution in [3.63, 3.8) is 0 Å². The van der Waals surface area contributed by atoms with Gasteiger partial charge in [-0.15, -0.1) is 0 Å². The predicted molar refractivity (Wildman–Crippen MR) is 64.6 cm³/mol. The van der Waals surface area contributed by atoms with Crippen LogP contribution in [0.25, 0.3) is 0 Å². The van der Waals surface area contributed by atoms with E-state index < -0.39 is 0 Å². The smallest absolute Gasteiger partial charge is 0.179 e. The molecule has 0 aromatic heterocycles. The highest BCUT2D eigenvalue weighted by Gasteiger charge is 2.37. The molecule has 2 aliphatic rings. The van der Waals surface area contributed by atoms with Crippen LogP contribution in [0.2, 0.25) is 0 Å². The van der Waals surface area contributed by atoms with Gasteiger partial charge in [0.15, 0.2) is 5.17 Å². The summed E-state index contributed by atoms with van der Waals surface area (Å²) in [4.78, 5) is 4.23. The average molecular weight is 227 g/mol. The van der Waals surface area contributed by atoms with Crippen molar-refractivity contribution in [2.75, 3.05) is 33.1 Å². The number of hydrazone groups is 1. The van der Waals surface area contributed by atoms with Crippen LogP contribution in [0.15, 0.2) is 10.1 Å². The Balaban J connectivity index is 2.03. The average Bonchev–Trinajstić information content (AvgIpc) is 2.65. The minimum atomic E-state index is 0.240. The molecule has 1 spiro atoms. The molecule has 0 bridgehead atoms. The van der Waals surface area contributed by atoms with Gasteiger partial charge < -0.3 is 4.74 Å². The molecular weight excluding hydrogens is 210 g/mol. The van der Waals surface area contributed by atoms with Crippen molar-refractivity contribution in [3.8, 4) is 0 Å². The first-order chi connectivity index (χ1) is 7.29. The molecule has 0 radical (unpaired) electrons. The van der Waals surface area contributed by atoms with Gasteiger partial charge in [0.25, 0.3) is 0 Å². The highest BCUT2D eigenvalue weighted by molar-refractivity contribution is 8.13. The van der Waals surface area contributed by atoms with Crippen LogP contribution in [-0.4, -0.2) is 49.5 Å². The fraction of sp³-hybridized carbons (Fsp3) is 0.800. The molecule has 0 amide bonds. The van der Waals surface area contributed by atoms with Gasteiger partial charge in [-0.2, -0.15) is 5.10 Å². The Labute approximate surface area is 94.8 Å². The lowest BCUT2D eigenvalue weighted by atomic mass is 9.82. The molecule has 0 aliphatic carbocycles. The van der Waals surface area contributed by atoms with Crippen molar-refractivity contribution in [2.24, 2.45) is 15.5 Å². The number of ether oxygens (including phenoxy) is 1. The van der Waals surface area contributed by atoms with Gasteiger partial charge in [0.1, 0.15) is 0 Å². The van der Waals surface area contributed by atoms with E-state index >= 15 is 0 Å². The molecule has 1 saturated heterocycles. The van der Waals surface area contributed by atoms with E-state index in [4.69, 9.17) is 4.74 Å². The third-order valence-electron chi connectivity index (χ3n) is 3.02. The van der Waals surface area contributed by atoms with E-state index in [0.29, 0.717) is 0 Å². The van der Waals surface area contributed by atoms with Gasteiger partial charge in [0.2, 0.25) is 0 Å². The first-order valence-corrected chi connectivity index (χ1v) is 6.43. The largest absolute Gasteiger partial charge is 0.381 e. The normalized spacial score (nSPS) is 25.2. The summed E-state index contributed by atoms with van der Waals surface area (Å²) >= 11 is 1.65. The van der Waals surface area contributed by atoms with Crippen molar-refractivity contribution in [2.45, 2.75) is 12.8 Å². The second kappa shape index (κ2) is 4.53. The maximum atomic E-state index is 5.39. The molecule has 0 N–H and O–H groups in total. The molecule has 84 valence electrons. The first kappa shape index (κ1) is 11.0. The summed E-state index contributed by atoms with van der Waals surface area (Å²) in [5, 5.41) is 7.46. The second-order valence-corrected chi connectivity index (χ2v) is 4.76. The number of thioether (sulfide) groups is 1. The lowest BCUT2D eigenvalue weighted by Gasteiger charge is -2.31. The summed E-state index contributed by atoms with van der Waals surface area (Å²) in [6.07, 6.45) is 6.29. The molecule has 0 unspecified atom stereocenters. The van der Waals surface area contributed by atoms with Crippen molar-refractivity contribution in [3.05, 3.63) is 0 Å². The molecule has 0 aromatic rings. The van der Waals surface area contributed by atoms with Crippen LogP contribution in [-0.2, 0) is 4.74 Å². The third kappa shape index (κ3) is 2.18. The summed E-state index contributed by atoms with van der Waals surface area (Å²) in [7, 11) is 1.82. The summed E-state index contributed by atoms with van der Waals surface area (Å²) in [6.45, 7) is 2.68. The Bertz CT molecular complexity index is 284. The Morgan fingerprint density at radius 3 is 2.87 bits per heavy atom. The number of hydrogen-bond acceptors (Lipinski definition) is 4. The number of hydrogen-bond donors (Lipinski definition) is 0. The molecule has 2 aliphatic heterocycles. The maximum Gasteiger partial charge on any atom is 0.179 e. The Kier molecular flexibility index (Phi) is 3.31. The lowest BCUT2D eigenvalue weighted by Crippen LogP contribution is -2.36. The van der Waals surface area contributed by atoms with Gasteiger partial charge in [-0.3, -0.25) is 4.99 Å². The minimum Gasteiger partial charge on any atom is -0.381 e. The highest BCUT2D eigenvalue weighted by atomic mass is 32.2. The van der Waals surface area contributed by atoms with E-state index in [0.717, 1.165) is 37.8 Å². The first-order valence-electron chi connectivity index (χ1n) is 5.21. The zero-order chi connectivity index (χ0) is 10.7. The van der Waals surface area contributed by atoms with E-state index in [9.17, 15) is 0 Å². The number of aliphatic imine (C=N–C) groups is 1. The van der Waals surface area contributed by atoms with Gasteiger partial charge >= 0.3 is 0 Å². The van der Waals surface area contributed by atoms with Crippen LogP contribution in [0.4, 0.5) is 0 Å². The zero-order valence-electron chi connectivity index (χ0n) is 9.27.